The Hall–Kier alpha value is -6.29. The van der Waals surface area contributed by atoms with Crippen LogP contribution in [0.25, 0.3) is 27.4 Å². The van der Waals surface area contributed by atoms with Crippen LogP contribution in [0.3, 0.4) is 0 Å². The summed E-state index contributed by atoms with van der Waals surface area (Å²) >= 11 is 0. The van der Waals surface area contributed by atoms with Crippen LogP contribution < -0.4 is 15.5 Å². The molecule has 3 amide bonds. The van der Waals surface area contributed by atoms with Gasteiger partial charge >= 0.3 is 0 Å². The minimum Gasteiger partial charge on any atom is -0.374 e. The molecule has 6 aromatic rings. The third-order valence-corrected chi connectivity index (χ3v) is 13.9. The highest BCUT2D eigenvalue weighted by Crippen LogP contribution is 2.38. The number of benzene rings is 2. The molecule has 336 valence electrons. The van der Waals surface area contributed by atoms with Gasteiger partial charge in [-0.1, -0.05) is 29.1 Å². The van der Waals surface area contributed by atoms with Crippen LogP contribution in [0.15, 0.2) is 59.5 Å². The van der Waals surface area contributed by atoms with Crippen molar-refractivity contribution in [2.24, 2.45) is 5.92 Å². The zero-order valence-electron chi connectivity index (χ0n) is 35.6. The molecule has 2 aromatic carbocycles. The number of alkyl halides is 2. The van der Waals surface area contributed by atoms with E-state index in [4.69, 9.17) is 19.0 Å². The molecule has 2 N–H and O–H groups in total. The number of nitrogens with zero attached hydrogens (tertiary/aromatic N) is 8. The average molecular weight is 887 g/mol. The maximum absolute atomic E-state index is 14.3. The van der Waals surface area contributed by atoms with E-state index >= 15 is 0 Å². The van der Waals surface area contributed by atoms with Gasteiger partial charge in [0, 0.05) is 50.6 Å². The van der Waals surface area contributed by atoms with E-state index < -0.39 is 23.9 Å². The molecule has 5 fully saturated rings. The number of ether oxygens (including phenoxy) is 2. The highest BCUT2D eigenvalue weighted by molar-refractivity contribution is 6.10. The SMILES string of the molecule is O=C1CC[C@@H](c2noc3ccc4cc(C#CCOC5CCN(CC6CCC(n7cc(NC(=O)c8cnn9ccc(N%10C[C@H]%11C[C@@H]%10CO%11)nc89)c(C(F)F)n7)CC6)CC5)ccc4c23)C(=O)N1. The number of likely N-dealkylation sites (tertiary alicyclic amines) is 1. The summed E-state index contributed by atoms with van der Waals surface area (Å²) in [6.45, 7) is 4.59. The van der Waals surface area contributed by atoms with Gasteiger partial charge in [0.15, 0.2) is 16.9 Å². The van der Waals surface area contributed by atoms with Gasteiger partial charge in [-0.2, -0.15) is 10.2 Å². The molecule has 65 heavy (non-hydrogen) atoms. The standard InChI is InChI=1S/C47H48F2N10O6/c48-44(49)43-37(51-47(62)36-22-50-58-18-15-39(52-45(36)58)57-24-33-21-31(57)26-64-33)25-59(54-43)30-7-3-28(4-8-30)23-56-16-13-32(14-17-56)63-19-1-2-27-5-9-34-29(20-27)6-11-38-41(34)42(55-65-38)35-10-12-40(60)53-46(35)61/h5-6,9,11,15,18,20,22,25,28,30-33,35,44H,3-4,7-8,10,12-14,16-17,19,21,23-24,26H2,(H,51,62)(H,53,60,61)/t28?,30?,31-,33-,35+/m1/s1. The lowest BCUT2D eigenvalue weighted by Crippen LogP contribution is -2.40. The monoisotopic (exact) mass is 886 g/mol. The van der Waals surface area contributed by atoms with Crippen molar-refractivity contribution in [3.63, 3.8) is 0 Å². The smallest absolute Gasteiger partial charge is 0.284 e. The van der Waals surface area contributed by atoms with E-state index in [1.54, 1.807) is 17.1 Å². The molecule has 4 aliphatic heterocycles. The van der Waals surface area contributed by atoms with Crippen molar-refractivity contribution in [1.82, 2.24) is 39.8 Å². The van der Waals surface area contributed by atoms with E-state index in [2.05, 4.69) is 47.6 Å². The molecule has 16 nitrogen and oxygen atoms in total. The largest absolute Gasteiger partial charge is 0.374 e. The number of rotatable bonds is 10. The number of fused-ring (bicyclic) bond motifs is 6. The molecule has 18 heteroatoms. The van der Waals surface area contributed by atoms with Gasteiger partial charge in [0.2, 0.25) is 11.8 Å². The highest BCUT2D eigenvalue weighted by atomic mass is 19.3. The zero-order chi connectivity index (χ0) is 44.2. The van der Waals surface area contributed by atoms with E-state index in [9.17, 15) is 23.2 Å². The Bertz CT molecular complexity index is 2870. The molecule has 4 aromatic heterocycles. The van der Waals surface area contributed by atoms with E-state index in [1.807, 2.05) is 36.4 Å². The van der Waals surface area contributed by atoms with Gasteiger partial charge in [-0.25, -0.2) is 18.3 Å². The fourth-order valence-corrected chi connectivity index (χ4v) is 10.5. The van der Waals surface area contributed by atoms with Gasteiger partial charge in [-0.05, 0) is 92.3 Å². The molecule has 2 bridgehead atoms. The molecule has 0 unspecified atom stereocenters. The molecular formula is C47H48F2N10O6. The molecule has 0 spiro atoms. The fourth-order valence-electron chi connectivity index (χ4n) is 10.5. The quantitative estimate of drug-likeness (QED) is 0.119. The van der Waals surface area contributed by atoms with Crippen LogP contribution in [0.4, 0.5) is 20.3 Å². The maximum atomic E-state index is 14.3. The topological polar surface area (TPSA) is 174 Å². The second kappa shape index (κ2) is 17.3. The lowest BCUT2D eigenvalue weighted by atomic mass is 9.85. The van der Waals surface area contributed by atoms with Crippen LogP contribution >= 0.6 is 0 Å². The summed E-state index contributed by atoms with van der Waals surface area (Å²) in [5.41, 5.74) is 2.10. The first kappa shape index (κ1) is 41.4. The first-order valence-electron chi connectivity index (χ1n) is 22.6. The molecule has 0 radical (unpaired) electrons. The number of aromatic nitrogens is 6. The Morgan fingerprint density at radius 3 is 2.68 bits per heavy atom. The van der Waals surface area contributed by atoms with Crippen LogP contribution in [0.1, 0.15) is 103 Å². The van der Waals surface area contributed by atoms with Gasteiger partial charge in [-0.3, -0.25) is 24.4 Å². The maximum Gasteiger partial charge on any atom is 0.284 e. The number of imide groups is 1. The molecule has 3 atom stereocenters. The summed E-state index contributed by atoms with van der Waals surface area (Å²) in [5, 5.41) is 20.6. The third kappa shape index (κ3) is 8.21. The van der Waals surface area contributed by atoms with Gasteiger partial charge in [0.25, 0.3) is 12.3 Å². The van der Waals surface area contributed by atoms with Crippen molar-refractivity contribution in [3.05, 3.63) is 77.5 Å². The molecule has 1 aliphatic carbocycles. The zero-order valence-corrected chi connectivity index (χ0v) is 35.6. The Morgan fingerprint density at radius 2 is 1.89 bits per heavy atom. The van der Waals surface area contributed by atoms with E-state index in [0.717, 1.165) is 98.7 Å². The molecule has 1 saturated carbocycles. The first-order chi connectivity index (χ1) is 31.7. The molecule has 5 aliphatic rings. The van der Waals surface area contributed by atoms with Crippen LogP contribution in [0, 0.1) is 17.8 Å². The summed E-state index contributed by atoms with van der Waals surface area (Å²) in [5.74, 6) is 5.92. The van der Waals surface area contributed by atoms with Gasteiger partial charge in [0.05, 0.1) is 54.1 Å². The number of anilines is 2. The number of hydrogen-bond acceptors (Lipinski definition) is 12. The first-order valence-corrected chi connectivity index (χ1v) is 22.6. The van der Waals surface area contributed by atoms with Crippen molar-refractivity contribution in [2.45, 2.75) is 94.4 Å². The number of carbonyl (C=O) groups excluding carboxylic acids is 3. The predicted octanol–water partition coefficient (Wildman–Crippen LogP) is 6.17. The van der Waals surface area contributed by atoms with Crippen LogP contribution in [0.2, 0.25) is 0 Å². The minimum absolute atomic E-state index is 0.000735. The van der Waals surface area contributed by atoms with E-state index in [0.29, 0.717) is 42.5 Å². The number of amides is 3. The van der Waals surface area contributed by atoms with Crippen molar-refractivity contribution >= 4 is 56.6 Å². The van der Waals surface area contributed by atoms with Crippen LogP contribution in [-0.4, -0.2) is 110 Å². The second-order valence-corrected chi connectivity index (χ2v) is 18.0. The van der Waals surface area contributed by atoms with Gasteiger partial charge < -0.3 is 29.1 Å². The predicted molar refractivity (Wildman–Crippen MR) is 234 cm³/mol. The normalized spacial score (nSPS) is 24.0. The lowest BCUT2D eigenvalue weighted by Gasteiger charge is -2.36. The number of morpholine rings is 1. The summed E-state index contributed by atoms with van der Waals surface area (Å²) < 4.78 is 49.2. The molecule has 8 heterocycles. The highest BCUT2D eigenvalue weighted by Gasteiger charge is 2.40. The average Bonchev–Trinajstić information content (AvgIpc) is 4.18. The Kier molecular flexibility index (Phi) is 11.0. The van der Waals surface area contributed by atoms with Gasteiger partial charge in [0.1, 0.15) is 23.7 Å². The molecule has 11 rings (SSSR count). The Labute approximate surface area is 371 Å². The van der Waals surface area contributed by atoms with Crippen molar-refractivity contribution < 1.29 is 37.2 Å². The number of piperidine rings is 2. The third-order valence-electron chi connectivity index (χ3n) is 13.9. The Balaban J connectivity index is 0.647. The molecular weight excluding hydrogens is 839 g/mol. The van der Waals surface area contributed by atoms with Crippen LogP contribution in [-0.2, 0) is 19.1 Å². The number of carbonyl (C=O) groups is 3. The van der Waals surface area contributed by atoms with Crippen molar-refractivity contribution in [2.75, 3.05) is 49.6 Å². The van der Waals surface area contributed by atoms with Crippen molar-refractivity contribution in [1.29, 1.82) is 0 Å². The summed E-state index contributed by atoms with van der Waals surface area (Å²) in [4.78, 5) is 47.3. The van der Waals surface area contributed by atoms with Gasteiger partial charge in [-0.15, -0.1) is 0 Å². The Morgan fingerprint density at radius 1 is 1.03 bits per heavy atom. The molecule has 4 saturated heterocycles. The summed E-state index contributed by atoms with van der Waals surface area (Å²) in [7, 11) is 0. The minimum atomic E-state index is -2.86. The van der Waals surface area contributed by atoms with Crippen LogP contribution in [0.5, 0.6) is 0 Å². The number of halogens is 2. The summed E-state index contributed by atoms with van der Waals surface area (Å²) in [6.07, 6.45) is 9.20. The number of hydrogen-bond donors (Lipinski definition) is 2. The second-order valence-electron chi connectivity index (χ2n) is 18.0. The van der Waals surface area contributed by atoms with E-state index in [-0.39, 0.29) is 53.8 Å². The number of nitrogens with one attached hydrogen (secondary N) is 2. The fraction of sp³-hybridized carbons (Fsp3) is 0.468. The van der Waals surface area contributed by atoms with Crippen molar-refractivity contribution in [3.8, 4) is 11.8 Å². The summed E-state index contributed by atoms with van der Waals surface area (Å²) in [6, 6.07) is 11.8. The van der Waals surface area contributed by atoms with E-state index in [1.165, 1.54) is 10.7 Å². The lowest BCUT2D eigenvalue weighted by molar-refractivity contribution is -0.134.